The van der Waals surface area contributed by atoms with Gasteiger partial charge in [-0.3, -0.25) is 19.3 Å². The number of hydrogen-bond donors (Lipinski definition) is 1. The van der Waals surface area contributed by atoms with Gasteiger partial charge in [0, 0.05) is 49.0 Å². The Morgan fingerprint density at radius 3 is 2.88 bits per heavy atom. The van der Waals surface area contributed by atoms with Crippen LogP contribution in [-0.2, 0) is 37.4 Å². The van der Waals surface area contributed by atoms with Crippen molar-refractivity contribution < 1.29 is 14.3 Å². The number of ether oxygens (including phenoxy) is 1. The number of thiophene rings is 1. The summed E-state index contributed by atoms with van der Waals surface area (Å²) in [6.07, 6.45) is 4.83. The molecule has 0 radical (unpaired) electrons. The summed E-state index contributed by atoms with van der Waals surface area (Å²) in [5.74, 6) is 0.408. The highest BCUT2D eigenvalue weighted by Crippen LogP contribution is 2.33. The van der Waals surface area contributed by atoms with E-state index < -0.39 is 0 Å². The summed E-state index contributed by atoms with van der Waals surface area (Å²) in [4.78, 5) is 34.1. The first-order chi connectivity index (χ1) is 16.1. The van der Waals surface area contributed by atoms with E-state index >= 15 is 0 Å². The number of carbonyl (C=O) groups is 2. The molecule has 172 valence electrons. The Morgan fingerprint density at radius 1 is 1.24 bits per heavy atom. The van der Waals surface area contributed by atoms with Crippen molar-refractivity contribution in [3.05, 3.63) is 68.9 Å². The van der Waals surface area contributed by atoms with Crippen LogP contribution in [0, 0.1) is 5.92 Å². The Hall–Kier alpha value is -3.04. The van der Waals surface area contributed by atoms with E-state index in [4.69, 9.17) is 9.84 Å². The summed E-state index contributed by atoms with van der Waals surface area (Å²) >= 11 is 1.46. The molecule has 4 heterocycles. The van der Waals surface area contributed by atoms with E-state index in [9.17, 15) is 9.59 Å². The molecular weight excluding hydrogens is 438 g/mol. The molecule has 2 amide bonds. The van der Waals surface area contributed by atoms with Gasteiger partial charge < -0.3 is 15.0 Å². The molecule has 5 rings (SSSR count). The van der Waals surface area contributed by atoms with E-state index in [0.717, 1.165) is 28.4 Å². The zero-order valence-corrected chi connectivity index (χ0v) is 19.4. The third kappa shape index (κ3) is 4.84. The zero-order valence-electron chi connectivity index (χ0n) is 18.6. The number of fused-ring (bicyclic) bond motifs is 1. The molecule has 2 aliphatic rings. The number of nitrogens with one attached hydrogen (secondary N) is 1. The third-order valence-corrected chi connectivity index (χ3v) is 7.13. The molecular formula is C24H27N5O3S. The van der Waals surface area contributed by atoms with E-state index in [0.29, 0.717) is 49.2 Å². The molecule has 0 spiro atoms. The number of rotatable bonds is 8. The van der Waals surface area contributed by atoms with Crippen LogP contribution in [0.1, 0.15) is 54.8 Å². The van der Waals surface area contributed by atoms with Crippen LogP contribution in [0.25, 0.3) is 0 Å². The quantitative estimate of drug-likeness (QED) is 0.552. The van der Waals surface area contributed by atoms with Crippen molar-refractivity contribution in [2.45, 2.75) is 45.5 Å². The van der Waals surface area contributed by atoms with Crippen molar-refractivity contribution in [2.75, 3.05) is 13.7 Å². The maximum absolute atomic E-state index is 13.2. The number of pyridine rings is 1. The number of amides is 2. The maximum atomic E-state index is 13.2. The number of nitrogens with zero attached hydrogens (tertiary/aromatic N) is 4. The van der Waals surface area contributed by atoms with Crippen molar-refractivity contribution >= 4 is 23.2 Å². The molecule has 8 nitrogen and oxygen atoms in total. The van der Waals surface area contributed by atoms with Crippen molar-refractivity contribution in [1.82, 2.24) is 25.0 Å². The van der Waals surface area contributed by atoms with Gasteiger partial charge in [-0.05, 0) is 43.0 Å². The lowest BCUT2D eigenvalue weighted by Gasteiger charge is -2.27. The lowest BCUT2D eigenvalue weighted by Crippen LogP contribution is -2.37. The Kier molecular flexibility index (Phi) is 6.24. The van der Waals surface area contributed by atoms with E-state index in [1.54, 1.807) is 13.3 Å². The second-order valence-electron chi connectivity index (χ2n) is 8.58. The molecule has 0 unspecified atom stereocenters. The first kappa shape index (κ1) is 21.8. The fourth-order valence-corrected chi connectivity index (χ4v) is 5.12. The largest absolute Gasteiger partial charge is 0.379 e. The Morgan fingerprint density at radius 2 is 2.12 bits per heavy atom. The van der Waals surface area contributed by atoms with Crippen LogP contribution in [0.15, 0.2) is 36.5 Å². The smallest absolute Gasteiger partial charge is 0.272 e. The highest BCUT2D eigenvalue weighted by atomic mass is 32.1. The molecule has 1 fully saturated rings. The molecule has 1 aliphatic heterocycles. The van der Waals surface area contributed by atoms with E-state index in [1.807, 2.05) is 39.9 Å². The van der Waals surface area contributed by atoms with Crippen molar-refractivity contribution in [3.8, 4) is 0 Å². The first-order valence-electron chi connectivity index (χ1n) is 11.3. The average Bonchev–Trinajstić information content (AvgIpc) is 3.41. The Bertz CT molecular complexity index is 1150. The molecule has 0 atom stereocenters. The van der Waals surface area contributed by atoms with Gasteiger partial charge >= 0.3 is 0 Å². The highest BCUT2D eigenvalue weighted by Gasteiger charge is 2.32. The number of methoxy groups -OCH3 is 1. The fourth-order valence-electron chi connectivity index (χ4n) is 4.17. The molecule has 1 N–H and O–H groups in total. The van der Waals surface area contributed by atoms with Gasteiger partial charge in [-0.2, -0.15) is 5.10 Å². The molecule has 1 aliphatic carbocycles. The minimum absolute atomic E-state index is 0.0113. The first-order valence-corrected chi connectivity index (χ1v) is 12.1. The highest BCUT2D eigenvalue weighted by molar-refractivity contribution is 7.14. The topological polar surface area (TPSA) is 89.3 Å². The van der Waals surface area contributed by atoms with Crippen molar-refractivity contribution in [1.29, 1.82) is 0 Å². The summed E-state index contributed by atoms with van der Waals surface area (Å²) in [6.45, 7) is 2.69. The number of carbonyl (C=O) groups excluding carboxylic acids is 2. The van der Waals surface area contributed by atoms with Gasteiger partial charge in [0.25, 0.3) is 11.8 Å². The van der Waals surface area contributed by atoms with Crippen LogP contribution in [0.2, 0.25) is 0 Å². The standard InChI is InChI=1S/C24H27N5O3S/c1-32-15-18-7-8-21(33-18)24(31)28-11-9-20-19(14-28)22(27-29(20)13-16-5-6-16)23(30)26-12-17-4-2-3-10-25-17/h2-4,7-8,10,16H,5-6,9,11-15H2,1H3,(H,26,30). The van der Waals surface area contributed by atoms with Gasteiger partial charge in [0.1, 0.15) is 0 Å². The van der Waals surface area contributed by atoms with E-state index in [1.165, 1.54) is 24.2 Å². The normalized spacial score (nSPS) is 15.4. The summed E-state index contributed by atoms with van der Waals surface area (Å²) in [5.41, 5.74) is 3.16. The minimum Gasteiger partial charge on any atom is -0.379 e. The summed E-state index contributed by atoms with van der Waals surface area (Å²) in [5, 5.41) is 7.66. The number of hydrogen-bond acceptors (Lipinski definition) is 6. The minimum atomic E-state index is -0.223. The van der Waals surface area contributed by atoms with Crippen molar-refractivity contribution in [3.63, 3.8) is 0 Å². The lowest BCUT2D eigenvalue weighted by atomic mass is 10.0. The van der Waals surface area contributed by atoms with Gasteiger partial charge in [-0.1, -0.05) is 6.07 Å². The predicted octanol–water partition coefficient (Wildman–Crippen LogP) is 3.02. The van der Waals surface area contributed by atoms with Gasteiger partial charge in [0.15, 0.2) is 5.69 Å². The molecule has 9 heteroatoms. The van der Waals surface area contributed by atoms with Crippen molar-refractivity contribution in [2.24, 2.45) is 5.92 Å². The second kappa shape index (κ2) is 9.44. The lowest BCUT2D eigenvalue weighted by molar-refractivity contribution is 0.0735. The van der Waals surface area contributed by atoms with Crippen LogP contribution in [0.5, 0.6) is 0 Å². The maximum Gasteiger partial charge on any atom is 0.272 e. The van der Waals surface area contributed by atoms with Crippen LogP contribution >= 0.6 is 11.3 Å². The molecule has 33 heavy (non-hydrogen) atoms. The van der Waals surface area contributed by atoms with Crippen LogP contribution in [0.3, 0.4) is 0 Å². The average molecular weight is 466 g/mol. The Labute approximate surface area is 196 Å². The van der Waals surface area contributed by atoms with Crippen LogP contribution in [0.4, 0.5) is 0 Å². The summed E-state index contributed by atoms with van der Waals surface area (Å²) in [6, 6.07) is 9.40. The molecule has 0 bridgehead atoms. The van der Waals surface area contributed by atoms with E-state index in [-0.39, 0.29) is 11.8 Å². The number of aromatic nitrogens is 3. The molecule has 0 aromatic carbocycles. The molecule has 0 saturated heterocycles. The molecule has 3 aromatic heterocycles. The Balaban J connectivity index is 1.36. The van der Waals surface area contributed by atoms with Crippen LogP contribution in [-0.4, -0.2) is 45.1 Å². The van der Waals surface area contributed by atoms with Crippen LogP contribution < -0.4 is 5.32 Å². The summed E-state index contributed by atoms with van der Waals surface area (Å²) < 4.78 is 7.18. The third-order valence-electron chi connectivity index (χ3n) is 6.08. The van der Waals surface area contributed by atoms with Gasteiger partial charge in [-0.15, -0.1) is 11.3 Å². The fraction of sp³-hybridized carbons (Fsp3) is 0.417. The monoisotopic (exact) mass is 465 g/mol. The van der Waals surface area contributed by atoms with Gasteiger partial charge in [0.2, 0.25) is 0 Å². The van der Waals surface area contributed by atoms with Gasteiger partial charge in [-0.25, -0.2) is 0 Å². The SMILES string of the molecule is COCc1ccc(C(=O)N2CCc3c(c(C(=O)NCc4ccccn4)nn3CC3CC3)C2)s1. The summed E-state index contributed by atoms with van der Waals surface area (Å²) in [7, 11) is 1.65. The predicted molar refractivity (Wildman–Crippen MR) is 124 cm³/mol. The van der Waals surface area contributed by atoms with E-state index in [2.05, 4.69) is 10.3 Å². The zero-order chi connectivity index (χ0) is 22.8. The molecule has 1 saturated carbocycles. The second-order valence-corrected chi connectivity index (χ2v) is 9.75. The van der Waals surface area contributed by atoms with Gasteiger partial charge in [0.05, 0.1) is 30.3 Å². The molecule has 3 aromatic rings.